The third-order valence-corrected chi connectivity index (χ3v) is 7.96. The summed E-state index contributed by atoms with van der Waals surface area (Å²) >= 11 is 0. The summed E-state index contributed by atoms with van der Waals surface area (Å²) in [7, 11) is 1.73. The molecular formula is C22H28O4. The first-order chi connectivity index (χ1) is 12.5. The van der Waals surface area contributed by atoms with Crippen LogP contribution in [0.2, 0.25) is 0 Å². The lowest BCUT2D eigenvalue weighted by Gasteiger charge is -2.50. The zero-order chi connectivity index (χ0) is 18.1. The average molecular weight is 356 g/mol. The van der Waals surface area contributed by atoms with Crippen molar-refractivity contribution < 1.29 is 19.4 Å². The molecule has 3 aliphatic carbocycles. The van der Waals surface area contributed by atoms with Gasteiger partial charge in [-0.3, -0.25) is 4.79 Å². The summed E-state index contributed by atoms with van der Waals surface area (Å²) in [5, 5.41) is 11.3. The fourth-order valence-corrected chi connectivity index (χ4v) is 6.86. The Morgan fingerprint density at radius 2 is 2.15 bits per heavy atom. The second-order valence-electron chi connectivity index (χ2n) is 8.85. The zero-order valence-corrected chi connectivity index (χ0v) is 15.6. The van der Waals surface area contributed by atoms with Crippen LogP contribution in [0, 0.1) is 23.7 Å². The monoisotopic (exact) mass is 356 g/mol. The van der Waals surface area contributed by atoms with Gasteiger partial charge in [0.25, 0.3) is 0 Å². The van der Waals surface area contributed by atoms with Crippen LogP contribution in [0.15, 0.2) is 18.2 Å². The van der Waals surface area contributed by atoms with Gasteiger partial charge >= 0.3 is 5.97 Å². The molecule has 1 N–H and O–H groups in total. The Balaban J connectivity index is 1.53. The molecule has 4 aliphatic rings. The van der Waals surface area contributed by atoms with Gasteiger partial charge in [0.2, 0.25) is 0 Å². The zero-order valence-electron chi connectivity index (χ0n) is 15.6. The smallest absolute Gasteiger partial charge is 0.309 e. The molecule has 7 unspecified atom stereocenters. The number of ether oxygens (including phenoxy) is 2. The number of aliphatic hydroxyl groups is 1. The molecule has 1 aromatic rings. The molecule has 0 bridgehead atoms. The molecule has 1 saturated heterocycles. The number of aryl methyl sites for hydroxylation is 1. The molecule has 0 spiro atoms. The molecule has 0 amide bonds. The van der Waals surface area contributed by atoms with Crippen LogP contribution in [0.1, 0.15) is 56.1 Å². The predicted octanol–water partition coefficient (Wildman–Crippen LogP) is 3.45. The fraction of sp³-hybridized carbons (Fsp3) is 0.682. The van der Waals surface area contributed by atoms with E-state index in [9.17, 15) is 9.90 Å². The van der Waals surface area contributed by atoms with Crippen molar-refractivity contribution >= 4 is 5.97 Å². The first-order valence-electron chi connectivity index (χ1n) is 10.1. The van der Waals surface area contributed by atoms with Crippen LogP contribution in [0.3, 0.4) is 0 Å². The Kier molecular flexibility index (Phi) is 3.66. The van der Waals surface area contributed by atoms with Crippen molar-refractivity contribution in [2.24, 2.45) is 23.7 Å². The molecule has 7 atom stereocenters. The van der Waals surface area contributed by atoms with Gasteiger partial charge in [-0.15, -0.1) is 0 Å². The minimum Gasteiger partial charge on any atom is -0.497 e. The van der Waals surface area contributed by atoms with Gasteiger partial charge in [0, 0.05) is 0 Å². The minimum atomic E-state index is -0.916. The SMILES string of the molecule is CCC1CC2C(CC3OC(=O)CC32O)C2CCc3cc(OC)ccc3C12. The van der Waals surface area contributed by atoms with Crippen LogP contribution in [0.25, 0.3) is 0 Å². The van der Waals surface area contributed by atoms with E-state index in [1.165, 1.54) is 17.5 Å². The Labute approximate surface area is 154 Å². The van der Waals surface area contributed by atoms with Crippen molar-refractivity contribution in [3.8, 4) is 5.75 Å². The third kappa shape index (κ3) is 2.14. The molecule has 0 aromatic heterocycles. The van der Waals surface area contributed by atoms with Gasteiger partial charge in [0.1, 0.15) is 17.5 Å². The number of esters is 1. The summed E-state index contributed by atoms with van der Waals surface area (Å²) in [4.78, 5) is 11.8. The highest BCUT2D eigenvalue weighted by Gasteiger charge is 2.65. The van der Waals surface area contributed by atoms with E-state index in [1.807, 2.05) is 0 Å². The molecular weight excluding hydrogens is 328 g/mol. The average Bonchev–Trinajstić information content (AvgIpc) is 3.08. The highest BCUT2D eigenvalue weighted by Crippen LogP contribution is 2.62. The van der Waals surface area contributed by atoms with E-state index in [-0.39, 0.29) is 24.4 Å². The van der Waals surface area contributed by atoms with E-state index in [0.29, 0.717) is 23.7 Å². The Hall–Kier alpha value is -1.55. The van der Waals surface area contributed by atoms with Gasteiger partial charge in [0.05, 0.1) is 13.5 Å². The van der Waals surface area contributed by atoms with Crippen molar-refractivity contribution in [2.75, 3.05) is 7.11 Å². The van der Waals surface area contributed by atoms with Crippen LogP contribution in [0.5, 0.6) is 5.75 Å². The number of carbonyl (C=O) groups excluding carboxylic acids is 1. The highest BCUT2D eigenvalue weighted by molar-refractivity contribution is 5.74. The van der Waals surface area contributed by atoms with Gasteiger partial charge in [-0.1, -0.05) is 19.4 Å². The summed E-state index contributed by atoms with van der Waals surface area (Å²) in [6.45, 7) is 2.27. The first kappa shape index (κ1) is 16.6. The second kappa shape index (κ2) is 5.72. The maximum absolute atomic E-state index is 11.8. The van der Waals surface area contributed by atoms with E-state index in [4.69, 9.17) is 9.47 Å². The van der Waals surface area contributed by atoms with E-state index in [2.05, 4.69) is 25.1 Å². The standard InChI is InChI=1S/C22H28O4/c1-3-12-9-18-17(10-19-22(18,24)11-20(23)26-19)16-6-4-13-8-14(25-2)5-7-15(13)21(12)16/h5,7-8,12,16-19,21,24H,3-4,6,9-11H2,1-2H3. The number of hydrogen-bond acceptors (Lipinski definition) is 4. The summed E-state index contributed by atoms with van der Waals surface area (Å²) < 4.78 is 11.0. The molecule has 26 heavy (non-hydrogen) atoms. The van der Waals surface area contributed by atoms with Gasteiger partial charge < -0.3 is 14.6 Å². The topological polar surface area (TPSA) is 55.8 Å². The molecule has 1 aliphatic heterocycles. The second-order valence-corrected chi connectivity index (χ2v) is 8.85. The summed E-state index contributed by atoms with van der Waals surface area (Å²) in [6.07, 6.45) is 5.13. The normalized spacial score (nSPS) is 43.1. The highest BCUT2D eigenvalue weighted by atomic mass is 16.6. The molecule has 1 heterocycles. The van der Waals surface area contributed by atoms with E-state index in [1.54, 1.807) is 7.11 Å². The predicted molar refractivity (Wildman–Crippen MR) is 97.0 cm³/mol. The molecule has 3 fully saturated rings. The molecule has 4 heteroatoms. The van der Waals surface area contributed by atoms with Gasteiger partial charge in [0.15, 0.2) is 0 Å². The fourth-order valence-electron chi connectivity index (χ4n) is 6.86. The van der Waals surface area contributed by atoms with Crippen LogP contribution in [-0.2, 0) is 16.0 Å². The quantitative estimate of drug-likeness (QED) is 0.825. The van der Waals surface area contributed by atoms with Crippen molar-refractivity contribution in [3.63, 3.8) is 0 Å². The van der Waals surface area contributed by atoms with Crippen LogP contribution >= 0.6 is 0 Å². The number of fused-ring (bicyclic) bond motifs is 7. The molecule has 4 nitrogen and oxygen atoms in total. The summed E-state index contributed by atoms with van der Waals surface area (Å²) in [6, 6.07) is 6.58. The molecule has 2 saturated carbocycles. The lowest BCUT2D eigenvalue weighted by molar-refractivity contribution is -0.142. The number of carbonyl (C=O) groups is 1. The summed E-state index contributed by atoms with van der Waals surface area (Å²) in [5.41, 5.74) is 2.01. The lowest BCUT2D eigenvalue weighted by Crippen LogP contribution is -2.47. The lowest BCUT2D eigenvalue weighted by atomic mass is 9.55. The summed E-state index contributed by atoms with van der Waals surface area (Å²) in [5.74, 6) is 3.13. The Morgan fingerprint density at radius 1 is 1.31 bits per heavy atom. The van der Waals surface area contributed by atoms with Crippen molar-refractivity contribution in [2.45, 2.75) is 63.1 Å². The molecule has 1 aromatic carbocycles. The molecule has 0 radical (unpaired) electrons. The Bertz CT molecular complexity index is 744. The minimum absolute atomic E-state index is 0.195. The van der Waals surface area contributed by atoms with Gasteiger partial charge in [-0.2, -0.15) is 0 Å². The molecule has 140 valence electrons. The van der Waals surface area contributed by atoms with E-state index < -0.39 is 5.60 Å². The third-order valence-electron chi connectivity index (χ3n) is 7.96. The maximum atomic E-state index is 11.8. The number of benzene rings is 1. The maximum Gasteiger partial charge on any atom is 0.309 e. The largest absolute Gasteiger partial charge is 0.497 e. The number of hydrogen-bond donors (Lipinski definition) is 1. The van der Waals surface area contributed by atoms with Crippen molar-refractivity contribution in [1.82, 2.24) is 0 Å². The first-order valence-corrected chi connectivity index (χ1v) is 10.1. The van der Waals surface area contributed by atoms with E-state index in [0.717, 1.165) is 31.4 Å². The number of methoxy groups -OCH3 is 1. The van der Waals surface area contributed by atoms with Crippen LogP contribution in [-0.4, -0.2) is 29.9 Å². The number of rotatable bonds is 2. The van der Waals surface area contributed by atoms with Crippen LogP contribution < -0.4 is 4.74 Å². The van der Waals surface area contributed by atoms with E-state index >= 15 is 0 Å². The molecule has 5 rings (SSSR count). The Morgan fingerprint density at radius 3 is 2.92 bits per heavy atom. The van der Waals surface area contributed by atoms with Crippen molar-refractivity contribution in [3.05, 3.63) is 29.3 Å². The van der Waals surface area contributed by atoms with Gasteiger partial charge in [-0.05, 0) is 78.5 Å². The van der Waals surface area contributed by atoms with Gasteiger partial charge in [-0.25, -0.2) is 0 Å². The van der Waals surface area contributed by atoms with Crippen LogP contribution in [0.4, 0.5) is 0 Å². The van der Waals surface area contributed by atoms with Crippen molar-refractivity contribution in [1.29, 1.82) is 0 Å².